The summed E-state index contributed by atoms with van der Waals surface area (Å²) in [6, 6.07) is 0. The summed E-state index contributed by atoms with van der Waals surface area (Å²) in [5, 5.41) is 10.2. The Morgan fingerprint density at radius 3 is 2.17 bits per heavy atom. The second-order valence-electron chi connectivity index (χ2n) is 9.50. The molecule has 4 bridgehead atoms. The molecule has 0 aromatic rings. The lowest BCUT2D eigenvalue weighted by molar-refractivity contribution is -0.0743. The first-order chi connectivity index (χ1) is 11.6. The molecule has 0 radical (unpaired) electrons. The van der Waals surface area contributed by atoms with Gasteiger partial charge in [0.1, 0.15) is 0 Å². The summed E-state index contributed by atoms with van der Waals surface area (Å²) in [6.07, 6.45) is 9.85. The summed E-state index contributed by atoms with van der Waals surface area (Å²) in [6.45, 7) is 6.50. The Hall–Kier alpha value is -0.160. The fourth-order valence-corrected chi connectivity index (χ4v) is 6.49. The Morgan fingerprint density at radius 1 is 1.00 bits per heavy atom. The molecule has 4 heteroatoms. The predicted octanol–water partition coefficient (Wildman–Crippen LogP) is 2.22. The number of rotatable bonds is 7. The van der Waals surface area contributed by atoms with Gasteiger partial charge in [0.25, 0.3) is 0 Å². The van der Waals surface area contributed by atoms with Crippen molar-refractivity contribution in [2.24, 2.45) is 23.2 Å². The van der Waals surface area contributed by atoms with Gasteiger partial charge in [-0.2, -0.15) is 0 Å². The molecule has 1 saturated heterocycles. The lowest BCUT2D eigenvalue weighted by Crippen LogP contribution is -2.48. The third kappa shape index (κ3) is 3.98. The minimum atomic E-state index is -0.329. The van der Waals surface area contributed by atoms with Crippen molar-refractivity contribution in [3.05, 3.63) is 0 Å². The van der Waals surface area contributed by atoms with Gasteiger partial charge in [0.2, 0.25) is 0 Å². The predicted molar refractivity (Wildman–Crippen MR) is 96.0 cm³/mol. The molecule has 0 unspecified atom stereocenters. The van der Waals surface area contributed by atoms with Crippen LogP contribution in [0.5, 0.6) is 0 Å². The number of aliphatic hydroxyl groups is 1. The number of likely N-dealkylation sites (N-methyl/N-ethyl adjacent to an activating group) is 1. The molecule has 24 heavy (non-hydrogen) atoms. The second kappa shape index (κ2) is 7.22. The Kier molecular flexibility index (Phi) is 5.19. The molecule has 4 saturated carbocycles. The zero-order chi connectivity index (χ0) is 16.6. The van der Waals surface area contributed by atoms with Crippen molar-refractivity contribution < 1.29 is 9.84 Å². The maximum absolute atomic E-state index is 10.2. The van der Waals surface area contributed by atoms with Gasteiger partial charge in [-0.05, 0) is 75.2 Å². The molecule has 0 spiro atoms. The molecule has 4 aliphatic carbocycles. The molecule has 1 aliphatic heterocycles. The van der Waals surface area contributed by atoms with Crippen molar-refractivity contribution in [1.82, 2.24) is 9.80 Å². The van der Waals surface area contributed by atoms with E-state index in [1.807, 2.05) is 0 Å². The normalized spacial score (nSPS) is 41.0. The number of nitrogens with zero attached hydrogens (tertiary/aromatic N) is 2. The van der Waals surface area contributed by atoms with Gasteiger partial charge < -0.3 is 14.7 Å². The van der Waals surface area contributed by atoms with Gasteiger partial charge >= 0.3 is 0 Å². The summed E-state index contributed by atoms with van der Waals surface area (Å²) in [5.41, 5.74) is 0.608. The topological polar surface area (TPSA) is 35.9 Å². The lowest BCUT2D eigenvalue weighted by Gasteiger charge is -2.57. The zero-order valence-electron chi connectivity index (χ0n) is 15.5. The van der Waals surface area contributed by atoms with E-state index in [0.717, 1.165) is 57.1 Å². The van der Waals surface area contributed by atoms with Crippen LogP contribution in [0.25, 0.3) is 0 Å². The smallest absolute Gasteiger partial charge is 0.0900 e. The van der Waals surface area contributed by atoms with Crippen LogP contribution in [0, 0.1) is 23.2 Å². The molecule has 4 nitrogen and oxygen atoms in total. The van der Waals surface area contributed by atoms with Crippen LogP contribution in [0.1, 0.15) is 44.9 Å². The van der Waals surface area contributed by atoms with E-state index in [0.29, 0.717) is 12.0 Å². The maximum atomic E-state index is 10.2. The molecule has 5 aliphatic rings. The number of β-amino-alcohol motifs (C(OH)–C–C–N with tert-alkyl or cyclic N) is 1. The minimum Gasteiger partial charge on any atom is -0.389 e. The van der Waals surface area contributed by atoms with E-state index in [2.05, 4.69) is 16.8 Å². The summed E-state index contributed by atoms with van der Waals surface area (Å²) >= 11 is 0. The third-order valence-corrected chi connectivity index (χ3v) is 7.32. The van der Waals surface area contributed by atoms with Crippen molar-refractivity contribution in [1.29, 1.82) is 0 Å². The molecular formula is C20H36N2O2. The first-order valence-corrected chi connectivity index (χ1v) is 10.3. The molecule has 0 aromatic carbocycles. The van der Waals surface area contributed by atoms with Crippen molar-refractivity contribution in [2.45, 2.75) is 51.0 Å². The Bertz CT molecular complexity index is 385. The van der Waals surface area contributed by atoms with Gasteiger partial charge in [0.15, 0.2) is 0 Å². The third-order valence-electron chi connectivity index (χ3n) is 7.32. The SMILES string of the molecule is CN1CCN(C[C@@H](O)COCCC23CC4CC(CC(C4)C2)C3)CC1. The number of aliphatic hydroxyl groups excluding tert-OH is 1. The summed E-state index contributed by atoms with van der Waals surface area (Å²) in [7, 11) is 2.17. The number of piperazine rings is 1. The van der Waals surface area contributed by atoms with Crippen molar-refractivity contribution in [3.8, 4) is 0 Å². The molecule has 1 atom stereocenters. The van der Waals surface area contributed by atoms with Gasteiger partial charge in [-0.3, -0.25) is 4.90 Å². The molecular weight excluding hydrogens is 300 g/mol. The Morgan fingerprint density at radius 2 is 1.58 bits per heavy atom. The fraction of sp³-hybridized carbons (Fsp3) is 1.00. The minimum absolute atomic E-state index is 0.329. The van der Waals surface area contributed by atoms with Crippen molar-refractivity contribution in [3.63, 3.8) is 0 Å². The van der Waals surface area contributed by atoms with Crippen molar-refractivity contribution in [2.75, 3.05) is 53.0 Å². The standard InChI is InChI=1S/C20H36N2O2/c1-21-3-5-22(6-4-21)14-19(23)15-24-7-2-20-11-16-8-17(12-20)10-18(9-16)13-20/h16-19,23H,2-15H2,1H3/t16?,17?,18?,19-,20?/m1/s1. The zero-order valence-corrected chi connectivity index (χ0v) is 15.5. The first kappa shape index (κ1) is 17.3. The Labute approximate surface area is 147 Å². The van der Waals surface area contributed by atoms with Crippen LogP contribution in [0.4, 0.5) is 0 Å². The maximum Gasteiger partial charge on any atom is 0.0900 e. The highest BCUT2D eigenvalue weighted by Gasteiger charge is 2.50. The molecule has 0 amide bonds. The molecule has 138 valence electrons. The average molecular weight is 337 g/mol. The van der Waals surface area contributed by atoms with Gasteiger partial charge in [0, 0.05) is 39.3 Å². The van der Waals surface area contributed by atoms with E-state index >= 15 is 0 Å². The van der Waals surface area contributed by atoms with Crippen LogP contribution in [0.15, 0.2) is 0 Å². The van der Waals surface area contributed by atoms with Gasteiger partial charge in [-0.1, -0.05) is 0 Å². The van der Waals surface area contributed by atoms with Crippen LogP contribution < -0.4 is 0 Å². The average Bonchev–Trinajstić information content (AvgIpc) is 2.53. The number of hydrogen-bond donors (Lipinski definition) is 1. The fourth-order valence-electron chi connectivity index (χ4n) is 6.49. The van der Waals surface area contributed by atoms with Crippen LogP contribution in [-0.4, -0.2) is 74.0 Å². The van der Waals surface area contributed by atoms with E-state index in [-0.39, 0.29) is 6.10 Å². The largest absolute Gasteiger partial charge is 0.389 e. The molecule has 0 aromatic heterocycles. The summed E-state index contributed by atoms with van der Waals surface area (Å²) < 4.78 is 5.91. The molecule has 5 rings (SSSR count). The van der Waals surface area contributed by atoms with Gasteiger partial charge in [0.05, 0.1) is 12.7 Å². The number of ether oxygens (including phenoxy) is 1. The highest BCUT2D eigenvalue weighted by atomic mass is 16.5. The molecule has 5 fully saturated rings. The van der Waals surface area contributed by atoms with Gasteiger partial charge in [-0.25, -0.2) is 0 Å². The van der Waals surface area contributed by atoms with Crippen LogP contribution in [0.3, 0.4) is 0 Å². The quantitative estimate of drug-likeness (QED) is 0.723. The lowest BCUT2D eigenvalue weighted by atomic mass is 9.49. The monoisotopic (exact) mass is 336 g/mol. The van der Waals surface area contributed by atoms with E-state index in [1.165, 1.54) is 44.9 Å². The highest BCUT2D eigenvalue weighted by molar-refractivity contribution is 5.01. The first-order valence-electron chi connectivity index (χ1n) is 10.3. The molecule has 1 heterocycles. The molecule has 1 N–H and O–H groups in total. The summed E-state index contributed by atoms with van der Waals surface area (Å²) in [5.74, 6) is 3.08. The van der Waals surface area contributed by atoms with E-state index in [4.69, 9.17) is 4.74 Å². The Balaban J connectivity index is 1.14. The van der Waals surface area contributed by atoms with Crippen molar-refractivity contribution >= 4 is 0 Å². The van der Waals surface area contributed by atoms with Crippen LogP contribution >= 0.6 is 0 Å². The van der Waals surface area contributed by atoms with E-state index in [1.54, 1.807) is 0 Å². The second-order valence-corrected chi connectivity index (χ2v) is 9.50. The van der Waals surface area contributed by atoms with Crippen LogP contribution in [0.2, 0.25) is 0 Å². The highest BCUT2D eigenvalue weighted by Crippen LogP contribution is 2.61. The summed E-state index contributed by atoms with van der Waals surface area (Å²) in [4.78, 5) is 4.72. The van der Waals surface area contributed by atoms with E-state index < -0.39 is 0 Å². The van der Waals surface area contributed by atoms with E-state index in [9.17, 15) is 5.11 Å². The van der Waals surface area contributed by atoms with Gasteiger partial charge in [-0.15, -0.1) is 0 Å². The number of hydrogen-bond acceptors (Lipinski definition) is 4. The van der Waals surface area contributed by atoms with Crippen LogP contribution in [-0.2, 0) is 4.74 Å².